The molecule has 0 bridgehead atoms. The van der Waals surface area contributed by atoms with Gasteiger partial charge in [-0.25, -0.2) is 4.99 Å². The van der Waals surface area contributed by atoms with Gasteiger partial charge in [-0.05, 0) is 25.0 Å². The Bertz CT molecular complexity index is 457. The van der Waals surface area contributed by atoms with Crippen LogP contribution in [-0.4, -0.2) is 25.6 Å². The van der Waals surface area contributed by atoms with Crippen LogP contribution in [0, 0.1) is 12.3 Å². The van der Waals surface area contributed by atoms with Gasteiger partial charge in [-0.1, -0.05) is 24.1 Å². The number of nitrogens with one attached hydrogen (secondary N) is 1. The highest BCUT2D eigenvalue weighted by Gasteiger charge is 2.21. The molecule has 0 unspecified atom stereocenters. The van der Waals surface area contributed by atoms with Gasteiger partial charge in [-0.3, -0.25) is 0 Å². The van der Waals surface area contributed by atoms with Crippen LogP contribution < -0.4 is 10.2 Å². The van der Waals surface area contributed by atoms with E-state index < -0.39 is 0 Å². The maximum absolute atomic E-state index is 5.26. The molecule has 3 nitrogen and oxygen atoms in total. The maximum Gasteiger partial charge on any atom is 0.199 e. The summed E-state index contributed by atoms with van der Waals surface area (Å²) in [5, 5.41) is 3.28. The molecule has 88 valence electrons. The number of hydrogen-bond acceptors (Lipinski definition) is 1. The van der Waals surface area contributed by atoms with Crippen molar-refractivity contribution in [2.75, 3.05) is 24.5 Å². The number of benzene rings is 1. The molecule has 0 spiro atoms. The largest absolute Gasteiger partial charge is 0.356 e. The number of anilines is 1. The fraction of sp³-hybridized carbons (Fsp3) is 0.357. The Hall–Kier alpha value is -1.95. The molecule has 0 saturated carbocycles. The minimum atomic E-state index is 0.418. The summed E-state index contributed by atoms with van der Waals surface area (Å²) in [5.41, 5.74) is 2.61. The van der Waals surface area contributed by atoms with Crippen LogP contribution in [0.1, 0.15) is 12.5 Å². The number of aliphatic imine (C=N–C) groups is 1. The van der Waals surface area contributed by atoms with E-state index in [2.05, 4.69) is 52.3 Å². The van der Waals surface area contributed by atoms with Gasteiger partial charge in [0, 0.05) is 18.8 Å². The Labute approximate surface area is 103 Å². The molecule has 17 heavy (non-hydrogen) atoms. The molecular weight excluding hydrogens is 210 g/mol. The van der Waals surface area contributed by atoms with Crippen LogP contribution in [0.3, 0.4) is 0 Å². The zero-order valence-electron chi connectivity index (χ0n) is 10.1. The highest BCUT2D eigenvalue weighted by Crippen LogP contribution is 2.27. The SMILES string of the molecule is C#CCN=C(NCC)N1CCc2ccccc21. The minimum absolute atomic E-state index is 0.418. The molecule has 0 saturated heterocycles. The fourth-order valence-corrected chi connectivity index (χ4v) is 2.07. The summed E-state index contributed by atoms with van der Waals surface area (Å²) in [6.07, 6.45) is 6.33. The van der Waals surface area contributed by atoms with Gasteiger partial charge in [-0.2, -0.15) is 0 Å². The molecule has 1 aliphatic rings. The van der Waals surface area contributed by atoms with E-state index in [4.69, 9.17) is 6.42 Å². The lowest BCUT2D eigenvalue weighted by atomic mass is 10.2. The molecule has 0 atom stereocenters. The molecule has 2 rings (SSSR count). The van der Waals surface area contributed by atoms with Gasteiger partial charge in [0.2, 0.25) is 0 Å². The summed E-state index contributed by atoms with van der Waals surface area (Å²) in [5.74, 6) is 3.43. The minimum Gasteiger partial charge on any atom is -0.356 e. The molecule has 1 heterocycles. The summed E-state index contributed by atoms with van der Waals surface area (Å²) in [7, 11) is 0. The van der Waals surface area contributed by atoms with E-state index in [1.165, 1.54) is 11.3 Å². The number of hydrogen-bond donors (Lipinski definition) is 1. The zero-order valence-corrected chi connectivity index (χ0v) is 10.1. The van der Waals surface area contributed by atoms with Crippen molar-refractivity contribution in [3.05, 3.63) is 29.8 Å². The Morgan fingerprint density at radius 3 is 3.12 bits per heavy atom. The molecule has 1 aromatic rings. The first-order chi connectivity index (χ1) is 8.36. The van der Waals surface area contributed by atoms with Crippen molar-refractivity contribution in [1.82, 2.24) is 5.32 Å². The van der Waals surface area contributed by atoms with Gasteiger partial charge in [0.05, 0.1) is 0 Å². The average molecular weight is 227 g/mol. The quantitative estimate of drug-likeness (QED) is 0.472. The van der Waals surface area contributed by atoms with E-state index in [-0.39, 0.29) is 0 Å². The van der Waals surface area contributed by atoms with Gasteiger partial charge < -0.3 is 10.2 Å². The molecule has 0 amide bonds. The Kier molecular flexibility index (Phi) is 3.66. The van der Waals surface area contributed by atoms with Crippen molar-refractivity contribution < 1.29 is 0 Å². The second-order valence-electron chi connectivity index (χ2n) is 3.90. The lowest BCUT2D eigenvalue weighted by Gasteiger charge is -2.21. The topological polar surface area (TPSA) is 27.6 Å². The highest BCUT2D eigenvalue weighted by molar-refractivity contribution is 5.98. The molecule has 0 radical (unpaired) electrons. The first kappa shape index (κ1) is 11.5. The molecule has 0 aliphatic carbocycles. The predicted molar refractivity (Wildman–Crippen MR) is 72.3 cm³/mol. The third-order valence-corrected chi connectivity index (χ3v) is 2.80. The van der Waals surface area contributed by atoms with Crippen molar-refractivity contribution in [3.8, 4) is 12.3 Å². The fourth-order valence-electron chi connectivity index (χ4n) is 2.07. The second kappa shape index (κ2) is 5.40. The maximum atomic E-state index is 5.26. The predicted octanol–water partition coefficient (Wildman–Crippen LogP) is 1.65. The van der Waals surface area contributed by atoms with Gasteiger partial charge in [0.15, 0.2) is 5.96 Å². The normalized spacial score (nSPS) is 14.4. The summed E-state index contributed by atoms with van der Waals surface area (Å²) in [6, 6.07) is 8.43. The Morgan fingerprint density at radius 1 is 1.53 bits per heavy atom. The van der Waals surface area contributed by atoms with Crippen LogP contribution in [0.2, 0.25) is 0 Å². The number of para-hydroxylation sites is 1. The van der Waals surface area contributed by atoms with Crippen LogP contribution in [0.25, 0.3) is 0 Å². The molecule has 1 aliphatic heterocycles. The van der Waals surface area contributed by atoms with Gasteiger partial charge in [0.25, 0.3) is 0 Å². The van der Waals surface area contributed by atoms with Gasteiger partial charge in [0.1, 0.15) is 6.54 Å². The summed E-state index contributed by atoms with van der Waals surface area (Å²) >= 11 is 0. The van der Waals surface area contributed by atoms with Crippen molar-refractivity contribution in [3.63, 3.8) is 0 Å². The van der Waals surface area contributed by atoms with Crippen LogP contribution in [0.4, 0.5) is 5.69 Å². The van der Waals surface area contributed by atoms with Crippen molar-refractivity contribution in [1.29, 1.82) is 0 Å². The summed E-state index contributed by atoms with van der Waals surface area (Å²) in [6.45, 7) is 4.30. The monoisotopic (exact) mass is 227 g/mol. The Morgan fingerprint density at radius 2 is 2.35 bits per heavy atom. The Balaban J connectivity index is 2.25. The van der Waals surface area contributed by atoms with E-state index in [0.29, 0.717) is 6.54 Å². The van der Waals surface area contributed by atoms with Crippen molar-refractivity contribution >= 4 is 11.6 Å². The van der Waals surface area contributed by atoms with Crippen LogP contribution in [-0.2, 0) is 6.42 Å². The first-order valence-corrected chi connectivity index (χ1v) is 5.94. The average Bonchev–Trinajstić information content (AvgIpc) is 2.78. The number of terminal acetylenes is 1. The van der Waals surface area contributed by atoms with Crippen LogP contribution >= 0.6 is 0 Å². The van der Waals surface area contributed by atoms with E-state index in [1.54, 1.807) is 0 Å². The van der Waals surface area contributed by atoms with Gasteiger partial charge >= 0.3 is 0 Å². The highest BCUT2D eigenvalue weighted by atomic mass is 15.3. The number of rotatable bonds is 2. The van der Waals surface area contributed by atoms with Crippen molar-refractivity contribution in [2.45, 2.75) is 13.3 Å². The van der Waals surface area contributed by atoms with E-state index in [1.807, 2.05) is 0 Å². The standard InChI is InChI=1S/C14H17N3/c1-3-10-16-14(15-4-2)17-11-9-12-7-5-6-8-13(12)17/h1,5-8H,4,9-11H2,2H3,(H,15,16). The molecule has 1 aromatic carbocycles. The lowest BCUT2D eigenvalue weighted by molar-refractivity contribution is 0.897. The van der Waals surface area contributed by atoms with Gasteiger partial charge in [-0.15, -0.1) is 6.42 Å². The zero-order chi connectivity index (χ0) is 12.1. The smallest absolute Gasteiger partial charge is 0.199 e. The van der Waals surface area contributed by atoms with Crippen molar-refractivity contribution in [2.24, 2.45) is 4.99 Å². The number of fused-ring (bicyclic) bond motifs is 1. The first-order valence-electron chi connectivity index (χ1n) is 5.94. The number of nitrogens with zero attached hydrogens (tertiary/aromatic N) is 2. The lowest BCUT2D eigenvalue weighted by Crippen LogP contribution is -2.40. The van der Waals surface area contributed by atoms with E-state index in [9.17, 15) is 0 Å². The van der Waals surface area contributed by atoms with Crippen LogP contribution in [0.5, 0.6) is 0 Å². The number of guanidine groups is 1. The van der Waals surface area contributed by atoms with E-state index >= 15 is 0 Å². The third kappa shape index (κ3) is 2.42. The molecule has 3 heteroatoms. The third-order valence-electron chi connectivity index (χ3n) is 2.80. The summed E-state index contributed by atoms with van der Waals surface area (Å²) < 4.78 is 0. The molecule has 0 fully saturated rings. The molecule has 0 aromatic heterocycles. The molecule has 1 N–H and O–H groups in total. The van der Waals surface area contributed by atoms with E-state index in [0.717, 1.165) is 25.5 Å². The summed E-state index contributed by atoms with van der Waals surface area (Å²) in [4.78, 5) is 6.61. The molecular formula is C14H17N3. The van der Waals surface area contributed by atoms with Crippen LogP contribution in [0.15, 0.2) is 29.3 Å². The second-order valence-corrected chi connectivity index (χ2v) is 3.90.